The highest BCUT2D eigenvalue weighted by Crippen LogP contribution is 2.19. The van der Waals surface area contributed by atoms with Gasteiger partial charge in [0.15, 0.2) is 11.0 Å². The van der Waals surface area contributed by atoms with E-state index in [1.54, 1.807) is 12.5 Å². The van der Waals surface area contributed by atoms with E-state index in [-0.39, 0.29) is 0 Å². The number of nitrogens with zero attached hydrogens (tertiary/aromatic N) is 4. The van der Waals surface area contributed by atoms with Crippen molar-refractivity contribution >= 4 is 11.6 Å². The normalized spacial score (nSPS) is 10.5. The lowest BCUT2D eigenvalue weighted by Gasteiger charge is -2.07. The molecule has 0 fully saturated rings. The Kier molecular flexibility index (Phi) is 2.21. The van der Waals surface area contributed by atoms with E-state index in [0.29, 0.717) is 5.15 Å². The SMILES string of the molecule is Cc1c(Cl)nnc(-n2ccnc2)c1C. The Morgan fingerprint density at radius 2 is 2.00 bits per heavy atom. The van der Waals surface area contributed by atoms with Crippen LogP contribution in [0.1, 0.15) is 11.1 Å². The fraction of sp³-hybridized carbons (Fsp3) is 0.222. The van der Waals surface area contributed by atoms with Crippen molar-refractivity contribution in [3.63, 3.8) is 0 Å². The van der Waals surface area contributed by atoms with E-state index in [2.05, 4.69) is 15.2 Å². The second-order valence-electron chi connectivity index (χ2n) is 3.03. The first-order valence-electron chi connectivity index (χ1n) is 4.18. The van der Waals surface area contributed by atoms with Crippen molar-refractivity contribution in [1.82, 2.24) is 19.7 Å². The number of rotatable bonds is 1. The molecule has 0 unspecified atom stereocenters. The van der Waals surface area contributed by atoms with Gasteiger partial charge >= 0.3 is 0 Å². The Morgan fingerprint density at radius 3 is 2.64 bits per heavy atom. The molecule has 0 aliphatic rings. The minimum Gasteiger partial charge on any atom is -0.289 e. The van der Waals surface area contributed by atoms with Crippen LogP contribution in [0.25, 0.3) is 5.82 Å². The summed E-state index contributed by atoms with van der Waals surface area (Å²) in [5.41, 5.74) is 1.97. The van der Waals surface area contributed by atoms with Crippen LogP contribution in [0, 0.1) is 13.8 Å². The molecule has 5 heteroatoms. The molecule has 14 heavy (non-hydrogen) atoms. The van der Waals surface area contributed by atoms with E-state index < -0.39 is 0 Å². The molecular formula is C9H9ClN4. The Labute approximate surface area is 86.6 Å². The van der Waals surface area contributed by atoms with Crippen LogP contribution >= 0.6 is 11.6 Å². The molecule has 2 rings (SSSR count). The molecule has 0 bridgehead atoms. The molecule has 0 aromatic carbocycles. The summed E-state index contributed by atoms with van der Waals surface area (Å²) in [6, 6.07) is 0. The molecule has 0 radical (unpaired) electrons. The van der Waals surface area contributed by atoms with Crippen LogP contribution in [0.3, 0.4) is 0 Å². The third-order valence-corrected chi connectivity index (χ3v) is 2.55. The highest BCUT2D eigenvalue weighted by Gasteiger charge is 2.08. The van der Waals surface area contributed by atoms with E-state index >= 15 is 0 Å². The Balaban J connectivity index is 2.61. The van der Waals surface area contributed by atoms with Crippen molar-refractivity contribution in [2.24, 2.45) is 0 Å². The third kappa shape index (κ3) is 1.37. The Hall–Kier alpha value is -1.42. The van der Waals surface area contributed by atoms with Gasteiger partial charge in [0.1, 0.15) is 6.33 Å². The van der Waals surface area contributed by atoms with E-state index in [1.807, 2.05) is 24.6 Å². The Bertz CT molecular complexity index is 450. The first kappa shape index (κ1) is 9.15. The van der Waals surface area contributed by atoms with E-state index in [0.717, 1.165) is 16.9 Å². The van der Waals surface area contributed by atoms with Gasteiger partial charge in [-0.25, -0.2) is 4.98 Å². The molecule has 2 heterocycles. The van der Waals surface area contributed by atoms with Crippen molar-refractivity contribution in [3.8, 4) is 5.82 Å². The third-order valence-electron chi connectivity index (χ3n) is 2.19. The number of hydrogen-bond donors (Lipinski definition) is 0. The highest BCUT2D eigenvalue weighted by atomic mass is 35.5. The lowest BCUT2D eigenvalue weighted by atomic mass is 10.2. The molecule has 4 nitrogen and oxygen atoms in total. The van der Waals surface area contributed by atoms with Crippen LogP contribution in [0.15, 0.2) is 18.7 Å². The van der Waals surface area contributed by atoms with Crippen molar-refractivity contribution in [1.29, 1.82) is 0 Å². The van der Waals surface area contributed by atoms with Crippen LogP contribution in [-0.4, -0.2) is 19.7 Å². The molecule has 2 aromatic heterocycles. The molecule has 0 atom stereocenters. The zero-order valence-corrected chi connectivity index (χ0v) is 8.65. The maximum atomic E-state index is 5.85. The predicted molar refractivity (Wildman–Crippen MR) is 53.6 cm³/mol. The Morgan fingerprint density at radius 1 is 1.21 bits per heavy atom. The van der Waals surface area contributed by atoms with Gasteiger partial charge in [-0.05, 0) is 19.4 Å². The topological polar surface area (TPSA) is 43.6 Å². The van der Waals surface area contributed by atoms with Gasteiger partial charge in [-0.3, -0.25) is 4.57 Å². The predicted octanol–water partition coefficient (Wildman–Crippen LogP) is 1.93. The van der Waals surface area contributed by atoms with Crippen molar-refractivity contribution in [2.75, 3.05) is 0 Å². The summed E-state index contributed by atoms with van der Waals surface area (Å²) in [4.78, 5) is 3.95. The minimum absolute atomic E-state index is 0.450. The highest BCUT2D eigenvalue weighted by molar-refractivity contribution is 6.30. The van der Waals surface area contributed by atoms with Crippen LogP contribution in [0.2, 0.25) is 5.15 Å². The molecule has 2 aromatic rings. The average molecular weight is 209 g/mol. The number of imidazole rings is 1. The first-order valence-corrected chi connectivity index (χ1v) is 4.55. The number of aromatic nitrogens is 4. The largest absolute Gasteiger partial charge is 0.289 e. The molecule has 0 aliphatic carbocycles. The molecule has 0 spiro atoms. The smallest absolute Gasteiger partial charge is 0.163 e. The van der Waals surface area contributed by atoms with E-state index in [9.17, 15) is 0 Å². The van der Waals surface area contributed by atoms with Gasteiger partial charge < -0.3 is 0 Å². The quantitative estimate of drug-likeness (QED) is 0.719. The molecule has 0 saturated heterocycles. The fourth-order valence-corrected chi connectivity index (χ4v) is 1.37. The maximum absolute atomic E-state index is 5.85. The molecule has 0 saturated carbocycles. The standard InChI is InChI=1S/C9H9ClN4/c1-6-7(2)9(13-12-8(6)10)14-4-3-11-5-14/h3-5H,1-2H3. The number of hydrogen-bond acceptors (Lipinski definition) is 3. The van der Waals surface area contributed by atoms with Gasteiger partial charge in [0, 0.05) is 18.0 Å². The van der Waals surface area contributed by atoms with Crippen molar-refractivity contribution in [2.45, 2.75) is 13.8 Å². The van der Waals surface area contributed by atoms with Crippen molar-refractivity contribution < 1.29 is 0 Å². The van der Waals surface area contributed by atoms with Crippen LogP contribution in [0.5, 0.6) is 0 Å². The molecule has 0 aliphatic heterocycles. The maximum Gasteiger partial charge on any atom is 0.163 e. The van der Waals surface area contributed by atoms with Crippen molar-refractivity contribution in [3.05, 3.63) is 35.0 Å². The van der Waals surface area contributed by atoms with Crippen LogP contribution < -0.4 is 0 Å². The summed E-state index contributed by atoms with van der Waals surface area (Å²) >= 11 is 5.85. The van der Waals surface area contributed by atoms with Gasteiger partial charge in [-0.15, -0.1) is 10.2 Å². The number of halogens is 1. The summed E-state index contributed by atoms with van der Waals surface area (Å²) < 4.78 is 1.81. The summed E-state index contributed by atoms with van der Waals surface area (Å²) in [6.07, 6.45) is 5.21. The zero-order chi connectivity index (χ0) is 10.1. The van der Waals surface area contributed by atoms with Crippen LogP contribution in [0.4, 0.5) is 0 Å². The zero-order valence-electron chi connectivity index (χ0n) is 7.90. The monoisotopic (exact) mass is 208 g/mol. The van der Waals surface area contributed by atoms with Gasteiger partial charge in [0.05, 0.1) is 0 Å². The average Bonchev–Trinajstić information content (AvgIpc) is 2.67. The summed E-state index contributed by atoms with van der Waals surface area (Å²) in [7, 11) is 0. The lowest BCUT2D eigenvalue weighted by molar-refractivity contribution is 0.887. The van der Waals surface area contributed by atoms with E-state index in [4.69, 9.17) is 11.6 Å². The van der Waals surface area contributed by atoms with Gasteiger partial charge in [0.25, 0.3) is 0 Å². The van der Waals surface area contributed by atoms with E-state index in [1.165, 1.54) is 0 Å². The fourth-order valence-electron chi connectivity index (χ4n) is 1.19. The van der Waals surface area contributed by atoms with Crippen LogP contribution in [-0.2, 0) is 0 Å². The molecule has 72 valence electrons. The van der Waals surface area contributed by atoms with Gasteiger partial charge in [-0.1, -0.05) is 11.6 Å². The van der Waals surface area contributed by atoms with Gasteiger partial charge in [-0.2, -0.15) is 0 Å². The molecular weight excluding hydrogens is 200 g/mol. The minimum atomic E-state index is 0.450. The second kappa shape index (κ2) is 3.38. The second-order valence-corrected chi connectivity index (χ2v) is 3.39. The summed E-state index contributed by atoms with van der Waals surface area (Å²) in [5.74, 6) is 0.768. The summed E-state index contributed by atoms with van der Waals surface area (Å²) in [5, 5.41) is 8.33. The summed E-state index contributed by atoms with van der Waals surface area (Å²) in [6.45, 7) is 3.89. The molecule has 0 N–H and O–H groups in total. The lowest BCUT2D eigenvalue weighted by Crippen LogP contribution is -2.02. The molecule has 0 amide bonds. The first-order chi connectivity index (χ1) is 6.70. The van der Waals surface area contributed by atoms with Gasteiger partial charge in [0.2, 0.25) is 0 Å².